The molecule has 3 aromatic heterocycles. The molecule has 4 rings (SSSR count). The number of hydrogen-bond donors (Lipinski definition) is 3. The summed E-state index contributed by atoms with van der Waals surface area (Å²) >= 11 is 0. The molecular weight excluding hydrogens is 318 g/mol. The fourth-order valence-electron chi connectivity index (χ4n) is 2.49. The Morgan fingerprint density at radius 3 is 2.72 bits per heavy atom. The van der Waals surface area contributed by atoms with E-state index in [-0.39, 0.29) is 5.56 Å². The summed E-state index contributed by atoms with van der Waals surface area (Å²) in [7, 11) is 0. The van der Waals surface area contributed by atoms with Gasteiger partial charge in [-0.25, -0.2) is 9.67 Å². The van der Waals surface area contributed by atoms with Crippen LogP contribution < -0.4 is 16.6 Å². The Morgan fingerprint density at radius 2 is 1.96 bits per heavy atom. The summed E-state index contributed by atoms with van der Waals surface area (Å²) in [6.07, 6.45) is 3.19. The molecule has 3 heterocycles. The maximum Gasteiger partial charge on any atom is 0.263 e. The highest BCUT2D eigenvalue weighted by atomic mass is 16.1. The zero-order valence-corrected chi connectivity index (χ0v) is 13.2. The van der Waals surface area contributed by atoms with E-state index < -0.39 is 0 Å². The number of benzene rings is 1. The molecule has 0 bridgehead atoms. The number of hydrogen-bond acceptors (Lipinski definition) is 6. The third-order valence-corrected chi connectivity index (χ3v) is 3.75. The second-order valence-electron chi connectivity index (χ2n) is 5.49. The highest BCUT2D eigenvalue weighted by molar-refractivity contribution is 5.76. The molecule has 4 aromatic rings. The van der Waals surface area contributed by atoms with Gasteiger partial charge in [-0.05, 0) is 23.8 Å². The third kappa shape index (κ3) is 2.92. The van der Waals surface area contributed by atoms with Crippen LogP contribution in [-0.4, -0.2) is 24.7 Å². The lowest BCUT2D eigenvalue weighted by Crippen LogP contribution is -2.13. The molecule has 8 nitrogen and oxygen atoms in total. The predicted octanol–water partition coefficient (Wildman–Crippen LogP) is 1.70. The van der Waals surface area contributed by atoms with Gasteiger partial charge in [0.1, 0.15) is 11.2 Å². The fraction of sp³-hybridized carbons (Fsp3) is 0.0588. The van der Waals surface area contributed by atoms with E-state index >= 15 is 0 Å². The van der Waals surface area contributed by atoms with Gasteiger partial charge in [-0.3, -0.25) is 9.78 Å². The van der Waals surface area contributed by atoms with Crippen molar-refractivity contribution in [1.82, 2.24) is 24.7 Å². The molecule has 0 fully saturated rings. The topological polar surface area (TPSA) is 115 Å². The largest absolute Gasteiger partial charge is 0.384 e. The molecule has 0 saturated heterocycles. The van der Waals surface area contributed by atoms with Crippen molar-refractivity contribution in [2.45, 2.75) is 6.54 Å². The minimum absolute atomic E-state index is 0.245. The molecule has 8 heteroatoms. The van der Waals surface area contributed by atoms with Gasteiger partial charge in [-0.15, -0.1) is 0 Å². The second-order valence-corrected chi connectivity index (χ2v) is 5.49. The molecule has 0 spiro atoms. The molecule has 0 aliphatic rings. The normalized spacial score (nSPS) is 10.9. The van der Waals surface area contributed by atoms with E-state index in [0.29, 0.717) is 29.3 Å². The zero-order valence-electron chi connectivity index (χ0n) is 13.2. The number of aromatic nitrogens is 5. The Hall–Kier alpha value is -3.68. The summed E-state index contributed by atoms with van der Waals surface area (Å²) in [4.78, 5) is 23.5. The quantitative estimate of drug-likeness (QED) is 0.524. The molecule has 0 saturated carbocycles. The van der Waals surface area contributed by atoms with Gasteiger partial charge < -0.3 is 11.1 Å². The number of H-pyrrole nitrogens is 1. The number of fused-ring (bicyclic) bond motifs is 1. The average molecular weight is 333 g/mol. The van der Waals surface area contributed by atoms with Crippen LogP contribution in [0.15, 0.2) is 59.7 Å². The Bertz CT molecular complexity index is 1070. The Kier molecular flexibility index (Phi) is 3.62. The standard InChI is InChI=1S/C17H15N7O/c18-14-7-6-11(8-19-14)9-20-17-22-15-13(16(25)23-17)10-21-24(15)12-4-2-1-3-5-12/h1-8,10H,9H2,(H2,18,19)(H2,20,22,23,25). The van der Waals surface area contributed by atoms with Crippen LogP contribution >= 0.6 is 0 Å². The van der Waals surface area contributed by atoms with E-state index in [1.165, 1.54) is 6.20 Å². The average Bonchev–Trinajstić information content (AvgIpc) is 3.06. The molecule has 0 amide bonds. The lowest BCUT2D eigenvalue weighted by atomic mass is 10.3. The highest BCUT2D eigenvalue weighted by Crippen LogP contribution is 2.14. The fourth-order valence-corrected chi connectivity index (χ4v) is 2.49. The molecule has 4 N–H and O–H groups in total. The van der Waals surface area contributed by atoms with Gasteiger partial charge >= 0.3 is 0 Å². The summed E-state index contributed by atoms with van der Waals surface area (Å²) in [6, 6.07) is 13.1. The first kappa shape index (κ1) is 14.9. The van der Waals surface area contributed by atoms with Crippen molar-refractivity contribution in [3.63, 3.8) is 0 Å². The smallest absolute Gasteiger partial charge is 0.263 e. The Balaban J connectivity index is 1.68. The first-order chi connectivity index (χ1) is 12.2. The monoisotopic (exact) mass is 333 g/mol. The number of nitrogen functional groups attached to an aromatic ring is 1. The van der Waals surface area contributed by atoms with Gasteiger partial charge in [-0.2, -0.15) is 10.1 Å². The van der Waals surface area contributed by atoms with Crippen molar-refractivity contribution in [2.75, 3.05) is 11.1 Å². The highest BCUT2D eigenvalue weighted by Gasteiger charge is 2.11. The van der Waals surface area contributed by atoms with Gasteiger partial charge in [0.15, 0.2) is 5.65 Å². The molecule has 0 unspecified atom stereocenters. The summed E-state index contributed by atoms with van der Waals surface area (Å²) in [6.45, 7) is 0.460. The maximum absolute atomic E-state index is 12.3. The van der Waals surface area contributed by atoms with Crippen molar-refractivity contribution in [1.29, 1.82) is 0 Å². The summed E-state index contributed by atoms with van der Waals surface area (Å²) in [5.41, 5.74) is 7.59. The van der Waals surface area contributed by atoms with Crippen LogP contribution in [0.3, 0.4) is 0 Å². The molecule has 1 aromatic carbocycles. The minimum Gasteiger partial charge on any atom is -0.384 e. The zero-order chi connectivity index (χ0) is 17.2. The third-order valence-electron chi connectivity index (χ3n) is 3.75. The molecule has 124 valence electrons. The SMILES string of the molecule is Nc1ccc(CNc2nc3c(cnn3-c3ccccc3)c(=O)[nH]2)cn1. The molecule has 0 radical (unpaired) electrons. The maximum atomic E-state index is 12.3. The van der Waals surface area contributed by atoms with Crippen LogP contribution in [0, 0.1) is 0 Å². The van der Waals surface area contributed by atoms with Crippen LogP contribution in [0.5, 0.6) is 0 Å². The van der Waals surface area contributed by atoms with Gasteiger partial charge in [0.25, 0.3) is 5.56 Å². The van der Waals surface area contributed by atoms with Gasteiger partial charge in [-0.1, -0.05) is 24.3 Å². The second kappa shape index (κ2) is 6.08. The van der Waals surface area contributed by atoms with Gasteiger partial charge in [0, 0.05) is 12.7 Å². The lowest BCUT2D eigenvalue weighted by molar-refractivity contribution is 0.893. The number of pyridine rings is 1. The molecule has 0 aliphatic heterocycles. The van der Waals surface area contributed by atoms with E-state index in [9.17, 15) is 4.79 Å². The van der Waals surface area contributed by atoms with Crippen molar-refractivity contribution < 1.29 is 0 Å². The Labute approximate surface area is 142 Å². The van der Waals surface area contributed by atoms with Crippen molar-refractivity contribution >= 4 is 22.8 Å². The number of anilines is 2. The molecule has 25 heavy (non-hydrogen) atoms. The van der Waals surface area contributed by atoms with Crippen LogP contribution in [-0.2, 0) is 6.54 Å². The number of nitrogens with zero attached hydrogens (tertiary/aromatic N) is 4. The van der Waals surface area contributed by atoms with Crippen molar-refractivity contribution in [2.24, 2.45) is 0 Å². The van der Waals surface area contributed by atoms with E-state index in [1.807, 2.05) is 36.4 Å². The summed E-state index contributed by atoms with van der Waals surface area (Å²) in [5, 5.41) is 7.81. The first-order valence-corrected chi connectivity index (χ1v) is 7.68. The number of aromatic amines is 1. The predicted molar refractivity (Wildman–Crippen MR) is 95.5 cm³/mol. The van der Waals surface area contributed by atoms with E-state index in [1.54, 1.807) is 16.9 Å². The summed E-state index contributed by atoms with van der Waals surface area (Å²) < 4.78 is 1.64. The minimum atomic E-state index is -0.245. The first-order valence-electron chi connectivity index (χ1n) is 7.68. The van der Waals surface area contributed by atoms with Gasteiger partial charge in [0.05, 0.1) is 11.9 Å². The van der Waals surface area contributed by atoms with E-state index in [2.05, 4.69) is 25.4 Å². The molecular formula is C17H15N7O. The molecule has 0 atom stereocenters. The lowest BCUT2D eigenvalue weighted by Gasteiger charge is -2.07. The van der Waals surface area contributed by atoms with Crippen molar-refractivity contribution in [3.05, 3.63) is 70.8 Å². The molecule has 0 aliphatic carbocycles. The van der Waals surface area contributed by atoms with Gasteiger partial charge in [0.2, 0.25) is 5.95 Å². The Morgan fingerprint density at radius 1 is 1.12 bits per heavy atom. The van der Waals surface area contributed by atoms with Crippen molar-refractivity contribution in [3.8, 4) is 5.69 Å². The van der Waals surface area contributed by atoms with Crippen LogP contribution in [0.25, 0.3) is 16.7 Å². The van der Waals surface area contributed by atoms with Crippen LogP contribution in [0.4, 0.5) is 11.8 Å². The van der Waals surface area contributed by atoms with Crippen LogP contribution in [0.2, 0.25) is 0 Å². The number of nitrogens with two attached hydrogens (primary N) is 1. The number of rotatable bonds is 4. The van der Waals surface area contributed by atoms with Crippen LogP contribution in [0.1, 0.15) is 5.56 Å². The van der Waals surface area contributed by atoms with E-state index in [4.69, 9.17) is 5.73 Å². The van der Waals surface area contributed by atoms with E-state index in [0.717, 1.165) is 11.3 Å². The number of nitrogens with one attached hydrogen (secondary N) is 2. The number of para-hydroxylation sites is 1. The summed E-state index contributed by atoms with van der Waals surface area (Å²) in [5.74, 6) is 0.829.